The Morgan fingerprint density at radius 3 is 2.83 bits per heavy atom. The van der Waals surface area contributed by atoms with Crippen LogP contribution in [0.1, 0.15) is 17.5 Å². The zero-order chi connectivity index (χ0) is 16.2. The molecule has 3 heterocycles. The first-order valence-electron chi connectivity index (χ1n) is 6.80. The monoisotopic (exact) mass is 320 g/mol. The summed E-state index contributed by atoms with van der Waals surface area (Å²) < 4.78 is 29.9. The molecule has 7 nitrogen and oxygen atoms in total. The van der Waals surface area contributed by atoms with Crippen LogP contribution in [0.25, 0.3) is 0 Å². The SMILES string of the molecule is Nc1cccnc1NCc1ccc(C2NN=C(C(F)F)O2)cn1. The number of hydrogen-bond donors (Lipinski definition) is 3. The van der Waals surface area contributed by atoms with Crippen molar-refractivity contribution in [1.82, 2.24) is 15.4 Å². The second kappa shape index (κ2) is 6.42. The fourth-order valence-corrected chi connectivity index (χ4v) is 1.97. The van der Waals surface area contributed by atoms with Crippen molar-refractivity contribution >= 4 is 17.4 Å². The average Bonchev–Trinajstić information content (AvgIpc) is 3.05. The lowest BCUT2D eigenvalue weighted by molar-refractivity contribution is 0.134. The number of anilines is 2. The largest absolute Gasteiger partial charge is 0.446 e. The van der Waals surface area contributed by atoms with Crippen LogP contribution in [0, 0.1) is 0 Å². The first-order chi connectivity index (χ1) is 11.1. The van der Waals surface area contributed by atoms with E-state index in [0.717, 1.165) is 5.69 Å². The van der Waals surface area contributed by atoms with Crippen LogP contribution in [0.5, 0.6) is 0 Å². The van der Waals surface area contributed by atoms with Crippen molar-refractivity contribution < 1.29 is 13.5 Å². The third-order valence-electron chi connectivity index (χ3n) is 3.14. The fourth-order valence-electron chi connectivity index (χ4n) is 1.97. The lowest BCUT2D eigenvalue weighted by atomic mass is 10.2. The van der Waals surface area contributed by atoms with E-state index in [1.807, 2.05) is 0 Å². The number of rotatable bonds is 5. The summed E-state index contributed by atoms with van der Waals surface area (Å²) in [6, 6.07) is 6.98. The molecule has 0 saturated heterocycles. The highest BCUT2D eigenvalue weighted by atomic mass is 19.3. The molecular weight excluding hydrogens is 306 g/mol. The molecule has 0 saturated carbocycles. The maximum absolute atomic E-state index is 12.5. The molecule has 2 aromatic rings. The van der Waals surface area contributed by atoms with Crippen molar-refractivity contribution in [3.8, 4) is 0 Å². The van der Waals surface area contributed by atoms with Gasteiger partial charge >= 0.3 is 6.43 Å². The van der Waals surface area contributed by atoms with Crippen LogP contribution in [-0.4, -0.2) is 22.3 Å². The predicted octanol–water partition coefficient (Wildman–Crippen LogP) is 1.87. The van der Waals surface area contributed by atoms with Crippen LogP contribution in [0.4, 0.5) is 20.3 Å². The third-order valence-corrected chi connectivity index (χ3v) is 3.14. The minimum atomic E-state index is -2.74. The summed E-state index contributed by atoms with van der Waals surface area (Å²) in [6.07, 6.45) is -0.313. The molecule has 0 fully saturated rings. The summed E-state index contributed by atoms with van der Waals surface area (Å²) in [5.74, 6) is -0.0412. The number of nitrogen functional groups attached to an aromatic ring is 1. The molecule has 120 valence electrons. The molecule has 1 aliphatic heterocycles. The number of nitrogens with one attached hydrogen (secondary N) is 2. The van der Waals surface area contributed by atoms with Crippen LogP contribution >= 0.6 is 0 Å². The van der Waals surface area contributed by atoms with E-state index in [0.29, 0.717) is 23.6 Å². The minimum absolute atomic E-state index is 0.430. The van der Waals surface area contributed by atoms with Crippen molar-refractivity contribution in [3.63, 3.8) is 0 Å². The van der Waals surface area contributed by atoms with Gasteiger partial charge in [-0.3, -0.25) is 10.4 Å². The van der Waals surface area contributed by atoms with E-state index in [9.17, 15) is 8.78 Å². The number of hydrogen-bond acceptors (Lipinski definition) is 7. The van der Waals surface area contributed by atoms with Gasteiger partial charge < -0.3 is 15.8 Å². The van der Waals surface area contributed by atoms with Gasteiger partial charge in [0.05, 0.1) is 17.9 Å². The Labute approximate surface area is 130 Å². The van der Waals surface area contributed by atoms with Crippen molar-refractivity contribution in [2.45, 2.75) is 19.2 Å². The summed E-state index contributed by atoms with van der Waals surface area (Å²) in [6.45, 7) is 0.430. The Morgan fingerprint density at radius 1 is 1.30 bits per heavy atom. The van der Waals surface area contributed by atoms with Crippen LogP contribution in [0.15, 0.2) is 41.8 Å². The Balaban J connectivity index is 1.59. The van der Waals surface area contributed by atoms with Gasteiger partial charge in [0.25, 0.3) is 5.90 Å². The number of halogens is 2. The number of nitrogens with zero attached hydrogens (tertiary/aromatic N) is 3. The molecule has 0 radical (unpaired) electrons. The van der Waals surface area contributed by atoms with E-state index < -0.39 is 18.6 Å². The number of nitrogens with two attached hydrogens (primary N) is 1. The molecule has 4 N–H and O–H groups in total. The van der Waals surface area contributed by atoms with E-state index in [2.05, 4.69) is 25.8 Å². The first kappa shape index (κ1) is 14.9. The number of ether oxygens (including phenoxy) is 1. The van der Waals surface area contributed by atoms with Gasteiger partial charge in [0, 0.05) is 18.0 Å². The number of alkyl halides is 2. The zero-order valence-corrected chi connectivity index (χ0v) is 11.9. The minimum Gasteiger partial charge on any atom is -0.446 e. The smallest absolute Gasteiger partial charge is 0.314 e. The van der Waals surface area contributed by atoms with Crippen molar-refractivity contribution in [2.75, 3.05) is 11.1 Å². The van der Waals surface area contributed by atoms with Gasteiger partial charge in [-0.2, -0.15) is 8.78 Å². The fraction of sp³-hybridized carbons (Fsp3) is 0.214. The van der Waals surface area contributed by atoms with E-state index in [4.69, 9.17) is 10.5 Å². The summed E-state index contributed by atoms with van der Waals surface area (Å²) in [7, 11) is 0. The van der Waals surface area contributed by atoms with Gasteiger partial charge in [0.2, 0.25) is 6.23 Å². The van der Waals surface area contributed by atoms with E-state index in [1.54, 1.807) is 36.7 Å². The molecule has 23 heavy (non-hydrogen) atoms. The summed E-state index contributed by atoms with van der Waals surface area (Å²) >= 11 is 0. The third kappa shape index (κ3) is 3.44. The molecule has 9 heteroatoms. The quantitative estimate of drug-likeness (QED) is 0.778. The molecule has 1 atom stereocenters. The van der Waals surface area contributed by atoms with Crippen molar-refractivity contribution in [2.24, 2.45) is 5.10 Å². The number of aromatic nitrogens is 2. The molecule has 1 unspecified atom stereocenters. The predicted molar refractivity (Wildman–Crippen MR) is 80.6 cm³/mol. The average molecular weight is 320 g/mol. The highest BCUT2D eigenvalue weighted by molar-refractivity contribution is 5.80. The summed E-state index contributed by atoms with van der Waals surface area (Å²) in [4.78, 5) is 8.37. The molecule has 0 bridgehead atoms. The van der Waals surface area contributed by atoms with Crippen LogP contribution in [0.2, 0.25) is 0 Å². The Morgan fingerprint density at radius 2 is 2.17 bits per heavy atom. The second-order valence-corrected chi connectivity index (χ2v) is 4.76. The normalized spacial score (nSPS) is 16.7. The highest BCUT2D eigenvalue weighted by Gasteiger charge is 2.27. The van der Waals surface area contributed by atoms with Crippen LogP contribution in [0.3, 0.4) is 0 Å². The molecule has 1 aliphatic rings. The zero-order valence-electron chi connectivity index (χ0n) is 11.9. The van der Waals surface area contributed by atoms with Gasteiger partial charge in [0.1, 0.15) is 5.82 Å². The molecule has 2 aromatic heterocycles. The molecule has 0 amide bonds. The molecule has 0 aliphatic carbocycles. The molecular formula is C14H14F2N6O. The lowest BCUT2D eigenvalue weighted by Crippen LogP contribution is -2.15. The van der Waals surface area contributed by atoms with Gasteiger partial charge in [-0.05, 0) is 24.3 Å². The Bertz CT molecular complexity index is 707. The number of hydrazone groups is 1. The second-order valence-electron chi connectivity index (χ2n) is 4.76. The topological polar surface area (TPSA) is 97.5 Å². The molecule has 0 spiro atoms. The van der Waals surface area contributed by atoms with E-state index in [1.165, 1.54) is 0 Å². The Hall–Kier alpha value is -2.97. The van der Waals surface area contributed by atoms with Gasteiger partial charge in [0.15, 0.2) is 0 Å². The van der Waals surface area contributed by atoms with E-state index >= 15 is 0 Å². The summed E-state index contributed by atoms with van der Waals surface area (Å²) in [5, 5.41) is 6.51. The standard InChI is InChI=1S/C14H14F2N6O/c15-11(16)14-22-21-13(23-14)8-3-4-9(19-6-8)7-20-12-10(17)2-1-5-18-12/h1-6,11,13,21H,7,17H2,(H,18,20). The van der Waals surface area contributed by atoms with Crippen molar-refractivity contribution in [1.29, 1.82) is 0 Å². The van der Waals surface area contributed by atoms with Gasteiger partial charge in [-0.25, -0.2) is 4.98 Å². The van der Waals surface area contributed by atoms with E-state index in [-0.39, 0.29) is 0 Å². The van der Waals surface area contributed by atoms with Crippen LogP contribution < -0.4 is 16.5 Å². The van der Waals surface area contributed by atoms with Crippen LogP contribution in [-0.2, 0) is 11.3 Å². The number of pyridine rings is 2. The summed E-state index contributed by atoms with van der Waals surface area (Å²) in [5.41, 5.74) is 10.2. The van der Waals surface area contributed by atoms with Crippen molar-refractivity contribution in [3.05, 3.63) is 47.9 Å². The highest BCUT2D eigenvalue weighted by Crippen LogP contribution is 2.21. The molecule has 3 rings (SSSR count). The lowest BCUT2D eigenvalue weighted by Gasteiger charge is -2.12. The Kier molecular flexibility index (Phi) is 4.18. The first-order valence-corrected chi connectivity index (χ1v) is 6.80. The maximum Gasteiger partial charge on any atom is 0.314 e. The van der Waals surface area contributed by atoms with Gasteiger partial charge in [-0.1, -0.05) is 0 Å². The maximum atomic E-state index is 12.5. The van der Waals surface area contributed by atoms with Gasteiger partial charge in [-0.15, -0.1) is 5.10 Å². The molecule has 0 aromatic carbocycles.